The van der Waals surface area contributed by atoms with E-state index in [2.05, 4.69) is 25.7 Å². The van der Waals surface area contributed by atoms with E-state index in [1.165, 1.54) is 4.52 Å². The SMILES string of the molecule is O=C(NC1CCCNC1)c1nc2ncccn2n1. The third-order valence-corrected chi connectivity index (χ3v) is 2.95. The van der Waals surface area contributed by atoms with E-state index in [1.54, 1.807) is 18.5 Å². The maximum absolute atomic E-state index is 12.0. The molecule has 94 valence electrons. The Morgan fingerprint density at radius 2 is 2.50 bits per heavy atom. The molecule has 2 aromatic rings. The lowest BCUT2D eigenvalue weighted by Crippen LogP contribution is -2.45. The molecule has 1 fully saturated rings. The Morgan fingerprint density at radius 3 is 3.28 bits per heavy atom. The zero-order chi connectivity index (χ0) is 12.4. The van der Waals surface area contributed by atoms with Gasteiger partial charge in [-0.3, -0.25) is 4.79 Å². The van der Waals surface area contributed by atoms with Crippen LogP contribution in [-0.2, 0) is 0 Å². The average Bonchev–Trinajstić information content (AvgIpc) is 2.84. The summed E-state index contributed by atoms with van der Waals surface area (Å²) in [6.45, 7) is 1.82. The quantitative estimate of drug-likeness (QED) is 0.753. The van der Waals surface area contributed by atoms with Crippen LogP contribution in [0.4, 0.5) is 0 Å². The molecule has 0 radical (unpaired) electrons. The second-order valence-electron chi connectivity index (χ2n) is 4.32. The first-order chi connectivity index (χ1) is 8.83. The molecule has 1 amide bonds. The van der Waals surface area contributed by atoms with Gasteiger partial charge in [0, 0.05) is 25.0 Å². The van der Waals surface area contributed by atoms with Crippen molar-refractivity contribution < 1.29 is 4.79 Å². The smallest absolute Gasteiger partial charge is 0.291 e. The fourth-order valence-electron chi connectivity index (χ4n) is 2.05. The van der Waals surface area contributed by atoms with Crippen LogP contribution >= 0.6 is 0 Å². The number of piperidine rings is 1. The Labute approximate surface area is 104 Å². The number of hydrogen-bond acceptors (Lipinski definition) is 5. The summed E-state index contributed by atoms with van der Waals surface area (Å²) >= 11 is 0. The van der Waals surface area contributed by atoms with Crippen LogP contribution in [0.25, 0.3) is 5.78 Å². The van der Waals surface area contributed by atoms with Crippen LogP contribution in [0.3, 0.4) is 0 Å². The van der Waals surface area contributed by atoms with Gasteiger partial charge in [0.1, 0.15) is 0 Å². The third-order valence-electron chi connectivity index (χ3n) is 2.95. The molecule has 18 heavy (non-hydrogen) atoms. The standard InChI is InChI=1S/C11H14N6O/c18-10(14-8-3-1-4-12-7-8)9-15-11-13-5-2-6-17(11)16-9/h2,5-6,8,12H,1,3-4,7H2,(H,14,18). The van der Waals surface area contributed by atoms with Gasteiger partial charge in [-0.15, -0.1) is 5.10 Å². The minimum Gasteiger partial charge on any atom is -0.345 e. The molecule has 1 aliphatic rings. The van der Waals surface area contributed by atoms with Crippen molar-refractivity contribution in [3.8, 4) is 0 Å². The summed E-state index contributed by atoms with van der Waals surface area (Å²) in [5.74, 6) is 0.359. The number of nitrogens with one attached hydrogen (secondary N) is 2. The zero-order valence-electron chi connectivity index (χ0n) is 9.83. The van der Waals surface area contributed by atoms with E-state index in [1.807, 2.05) is 0 Å². The summed E-state index contributed by atoms with van der Waals surface area (Å²) in [7, 11) is 0. The summed E-state index contributed by atoms with van der Waals surface area (Å²) in [6, 6.07) is 1.90. The van der Waals surface area contributed by atoms with Gasteiger partial charge >= 0.3 is 0 Å². The van der Waals surface area contributed by atoms with E-state index < -0.39 is 0 Å². The van der Waals surface area contributed by atoms with Crippen molar-refractivity contribution in [2.24, 2.45) is 0 Å². The van der Waals surface area contributed by atoms with Crippen molar-refractivity contribution in [1.29, 1.82) is 0 Å². The Kier molecular flexibility index (Phi) is 2.89. The van der Waals surface area contributed by atoms with Crippen molar-refractivity contribution in [2.45, 2.75) is 18.9 Å². The molecule has 0 bridgehead atoms. The fraction of sp³-hybridized carbons (Fsp3) is 0.455. The highest BCUT2D eigenvalue weighted by Gasteiger charge is 2.19. The molecular weight excluding hydrogens is 232 g/mol. The molecule has 3 rings (SSSR count). The molecule has 7 nitrogen and oxygen atoms in total. The monoisotopic (exact) mass is 246 g/mol. The fourth-order valence-corrected chi connectivity index (χ4v) is 2.05. The van der Waals surface area contributed by atoms with Crippen molar-refractivity contribution in [1.82, 2.24) is 30.2 Å². The van der Waals surface area contributed by atoms with Gasteiger partial charge in [0.25, 0.3) is 11.7 Å². The average molecular weight is 246 g/mol. The Bertz CT molecular complexity index is 526. The van der Waals surface area contributed by atoms with Crippen LogP contribution in [-0.4, -0.2) is 44.6 Å². The van der Waals surface area contributed by atoms with Gasteiger partial charge in [0.2, 0.25) is 5.82 Å². The van der Waals surface area contributed by atoms with Crippen LogP contribution in [0.1, 0.15) is 23.5 Å². The minimum atomic E-state index is -0.241. The topological polar surface area (TPSA) is 84.2 Å². The van der Waals surface area contributed by atoms with E-state index in [-0.39, 0.29) is 17.8 Å². The highest BCUT2D eigenvalue weighted by Crippen LogP contribution is 2.03. The Hall–Kier alpha value is -2.02. The van der Waals surface area contributed by atoms with Crippen molar-refractivity contribution in [2.75, 3.05) is 13.1 Å². The van der Waals surface area contributed by atoms with Crippen LogP contribution in [0, 0.1) is 0 Å². The Morgan fingerprint density at radius 1 is 1.56 bits per heavy atom. The van der Waals surface area contributed by atoms with Crippen molar-refractivity contribution in [3.63, 3.8) is 0 Å². The second-order valence-corrected chi connectivity index (χ2v) is 4.32. The lowest BCUT2D eigenvalue weighted by molar-refractivity contribution is 0.0920. The molecule has 1 aliphatic heterocycles. The van der Waals surface area contributed by atoms with Crippen LogP contribution in [0.15, 0.2) is 18.5 Å². The van der Waals surface area contributed by atoms with E-state index >= 15 is 0 Å². The number of aromatic nitrogens is 4. The number of carbonyl (C=O) groups is 1. The lowest BCUT2D eigenvalue weighted by atomic mass is 10.1. The van der Waals surface area contributed by atoms with Crippen molar-refractivity contribution in [3.05, 3.63) is 24.3 Å². The predicted molar refractivity (Wildman–Crippen MR) is 64.1 cm³/mol. The number of fused-ring (bicyclic) bond motifs is 1. The second kappa shape index (κ2) is 4.69. The van der Waals surface area contributed by atoms with Crippen LogP contribution in [0.2, 0.25) is 0 Å². The number of carbonyl (C=O) groups excluding carboxylic acids is 1. The van der Waals surface area contributed by atoms with Gasteiger partial charge in [-0.1, -0.05) is 0 Å². The first kappa shape index (κ1) is 11.1. The molecule has 1 unspecified atom stereocenters. The molecule has 1 atom stereocenters. The molecule has 0 aliphatic carbocycles. The lowest BCUT2D eigenvalue weighted by Gasteiger charge is -2.23. The molecule has 3 heterocycles. The van der Waals surface area contributed by atoms with Crippen molar-refractivity contribution >= 4 is 11.7 Å². The first-order valence-electron chi connectivity index (χ1n) is 6.02. The number of hydrogen-bond donors (Lipinski definition) is 2. The number of amides is 1. The number of rotatable bonds is 2. The Balaban J connectivity index is 1.74. The zero-order valence-corrected chi connectivity index (χ0v) is 9.83. The van der Waals surface area contributed by atoms with Gasteiger partial charge in [-0.2, -0.15) is 4.98 Å². The summed E-state index contributed by atoms with van der Waals surface area (Å²) in [4.78, 5) is 20.1. The first-order valence-corrected chi connectivity index (χ1v) is 6.02. The van der Waals surface area contributed by atoms with Gasteiger partial charge in [-0.25, -0.2) is 9.50 Å². The maximum Gasteiger partial charge on any atom is 0.291 e. The number of nitrogens with zero attached hydrogens (tertiary/aromatic N) is 4. The molecule has 2 N–H and O–H groups in total. The molecule has 0 spiro atoms. The molecule has 0 saturated carbocycles. The van der Waals surface area contributed by atoms with E-state index in [0.29, 0.717) is 5.78 Å². The molecule has 1 saturated heterocycles. The van der Waals surface area contributed by atoms with Gasteiger partial charge < -0.3 is 10.6 Å². The predicted octanol–water partition coefficient (Wildman–Crippen LogP) is -0.394. The van der Waals surface area contributed by atoms with Gasteiger partial charge in [-0.05, 0) is 25.5 Å². The summed E-state index contributed by atoms with van der Waals surface area (Å²) < 4.78 is 1.49. The third kappa shape index (κ3) is 2.17. The molecule has 7 heteroatoms. The maximum atomic E-state index is 12.0. The normalized spacial score (nSPS) is 19.9. The summed E-state index contributed by atoms with van der Waals surface area (Å²) in [5, 5.41) is 10.3. The van der Waals surface area contributed by atoms with Crippen LogP contribution < -0.4 is 10.6 Å². The highest BCUT2D eigenvalue weighted by atomic mass is 16.2. The molecule has 2 aromatic heterocycles. The molecular formula is C11H14N6O. The highest BCUT2D eigenvalue weighted by molar-refractivity contribution is 5.91. The summed E-state index contributed by atoms with van der Waals surface area (Å²) in [5.41, 5.74) is 0. The van der Waals surface area contributed by atoms with Gasteiger partial charge in [0.15, 0.2) is 0 Å². The minimum absolute atomic E-state index is 0.158. The van der Waals surface area contributed by atoms with Crippen LogP contribution in [0.5, 0.6) is 0 Å². The largest absolute Gasteiger partial charge is 0.345 e. The molecule has 0 aromatic carbocycles. The van der Waals surface area contributed by atoms with Gasteiger partial charge in [0.05, 0.1) is 0 Å². The van der Waals surface area contributed by atoms with E-state index in [0.717, 1.165) is 25.9 Å². The summed E-state index contributed by atoms with van der Waals surface area (Å²) in [6.07, 6.45) is 5.40. The van der Waals surface area contributed by atoms with E-state index in [4.69, 9.17) is 0 Å². The van der Waals surface area contributed by atoms with E-state index in [9.17, 15) is 4.79 Å².